The maximum Gasteiger partial charge on any atom is 0.405 e. The Morgan fingerprint density at radius 2 is 1.92 bits per heavy atom. The van der Waals surface area contributed by atoms with Crippen molar-refractivity contribution < 1.29 is 22.8 Å². The first kappa shape index (κ1) is 27.2. The number of halogens is 3. The quantitative estimate of drug-likeness (QED) is 0.469. The highest BCUT2D eigenvalue weighted by molar-refractivity contribution is 8.04. The molecule has 2 aliphatic rings. The molecule has 1 atom stereocenters. The number of likely N-dealkylation sites (tertiary alicyclic amines) is 1. The van der Waals surface area contributed by atoms with Crippen LogP contribution in [0.1, 0.15) is 31.2 Å². The molecule has 202 valence electrons. The lowest BCUT2D eigenvalue weighted by atomic mass is 9.89. The van der Waals surface area contributed by atoms with Gasteiger partial charge in [0, 0.05) is 42.9 Å². The number of anilines is 1. The smallest absolute Gasteiger partial charge is 0.392 e. The van der Waals surface area contributed by atoms with Crippen molar-refractivity contribution in [1.29, 1.82) is 0 Å². The first-order chi connectivity index (χ1) is 17.5. The Bertz CT molecular complexity index is 1200. The van der Waals surface area contributed by atoms with Gasteiger partial charge in [0.1, 0.15) is 22.5 Å². The van der Waals surface area contributed by atoms with Gasteiger partial charge in [-0.05, 0) is 69.6 Å². The number of aryl methyl sites for hydroxylation is 1. The van der Waals surface area contributed by atoms with Gasteiger partial charge in [-0.3, -0.25) is 9.59 Å². The Kier molecular flexibility index (Phi) is 7.98. The third kappa shape index (κ3) is 6.01. The second-order valence-electron chi connectivity index (χ2n) is 9.59. The molecule has 1 aromatic carbocycles. The van der Waals surface area contributed by atoms with Crippen LogP contribution in [0.25, 0.3) is 10.9 Å². The van der Waals surface area contributed by atoms with E-state index in [1.807, 2.05) is 13.1 Å². The van der Waals surface area contributed by atoms with Crippen molar-refractivity contribution in [3.8, 4) is 0 Å². The number of amides is 2. The number of rotatable bonds is 7. The third-order valence-corrected chi connectivity index (χ3v) is 8.27. The summed E-state index contributed by atoms with van der Waals surface area (Å²) in [6, 6.07) is 6.14. The number of piperidine rings is 1. The van der Waals surface area contributed by atoms with E-state index >= 15 is 0 Å². The molecule has 1 aromatic heterocycles. The average molecular weight is 539 g/mol. The number of carbonyl (C=O) groups is 2. The molecule has 37 heavy (non-hydrogen) atoms. The van der Waals surface area contributed by atoms with Crippen molar-refractivity contribution in [3.63, 3.8) is 0 Å². The third-order valence-electron chi connectivity index (χ3n) is 6.95. The van der Waals surface area contributed by atoms with E-state index < -0.39 is 23.9 Å². The van der Waals surface area contributed by atoms with Crippen molar-refractivity contribution in [2.75, 3.05) is 45.1 Å². The minimum absolute atomic E-state index is 0.182. The fraction of sp³-hybridized carbons (Fsp3) is 0.520. The molecular formula is C25H33F3N6O2S. The summed E-state index contributed by atoms with van der Waals surface area (Å²) in [5, 5.41) is 5.91. The summed E-state index contributed by atoms with van der Waals surface area (Å²) in [5.74, 6) is -0.788. The summed E-state index contributed by atoms with van der Waals surface area (Å²) in [4.78, 5) is 28.8. The van der Waals surface area contributed by atoms with Crippen LogP contribution in [0.5, 0.6) is 0 Å². The lowest BCUT2D eigenvalue weighted by Crippen LogP contribution is -2.38. The van der Waals surface area contributed by atoms with Crippen LogP contribution in [0.4, 0.5) is 18.9 Å². The van der Waals surface area contributed by atoms with Crippen LogP contribution in [0.3, 0.4) is 0 Å². The second kappa shape index (κ2) is 10.9. The van der Waals surface area contributed by atoms with Gasteiger partial charge < -0.3 is 30.7 Å². The molecule has 2 saturated heterocycles. The minimum atomic E-state index is -4.55. The van der Waals surface area contributed by atoms with Gasteiger partial charge in [0.15, 0.2) is 0 Å². The Hall–Kier alpha value is -2.86. The van der Waals surface area contributed by atoms with Crippen molar-refractivity contribution in [2.24, 2.45) is 12.8 Å². The van der Waals surface area contributed by atoms with Crippen molar-refractivity contribution in [3.05, 3.63) is 40.7 Å². The van der Waals surface area contributed by atoms with Gasteiger partial charge in [0.25, 0.3) is 5.91 Å². The second-order valence-corrected chi connectivity index (χ2v) is 10.8. The summed E-state index contributed by atoms with van der Waals surface area (Å²) in [7, 11) is 4.19. The largest absolute Gasteiger partial charge is 0.405 e. The molecule has 2 amide bonds. The first-order valence-corrected chi connectivity index (χ1v) is 13.2. The predicted octanol–water partition coefficient (Wildman–Crippen LogP) is 3.17. The number of alkyl halides is 3. The number of carbonyl (C=O) groups excluding carboxylic acids is 2. The van der Waals surface area contributed by atoms with Crippen LogP contribution >= 0.6 is 11.8 Å². The lowest BCUT2D eigenvalue weighted by Gasteiger charge is -2.28. The molecule has 2 aliphatic heterocycles. The van der Waals surface area contributed by atoms with Crippen molar-refractivity contribution in [1.82, 2.24) is 19.7 Å². The zero-order chi connectivity index (χ0) is 26.9. The topological polar surface area (TPSA) is 95.6 Å². The highest BCUT2D eigenvalue weighted by atomic mass is 32.2. The predicted molar refractivity (Wildman–Crippen MR) is 140 cm³/mol. The van der Waals surface area contributed by atoms with Crippen LogP contribution in [-0.2, 0) is 16.6 Å². The van der Waals surface area contributed by atoms with Crippen LogP contribution in [-0.4, -0.2) is 77.4 Å². The fourth-order valence-corrected chi connectivity index (χ4v) is 6.15. The van der Waals surface area contributed by atoms with Crippen molar-refractivity contribution in [2.45, 2.75) is 37.1 Å². The Balaban J connectivity index is 1.48. The van der Waals surface area contributed by atoms with E-state index in [-0.39, 0.29) is 29.7 Å². The first-order valence-electron chi connectivity index (χ1n) is 12.3. The highest BCUT2D eigenvalue weighted by Crippen LogP contribution is 2.38. The summed E-state index contributed by atoms with van der Waals surface area (Å²) in [5.41, 5.74) is 8.83. The van der Waals surface area contributed by atoms with E-state index in [1.165, 1.54) is 15.8 Å². The number of nitrogens with two attached hydrogens (primary N) is 1. The molecule has 4 N–H and O–H groups in total. The fourth-order valence-electron chi connectivity index (χ4n) is 4.92. The summed E-state index contributed by atoms with van der Waals surface area (Å²) >= 11 is 1.09. The van der Waals surface area contributed by atoms with Gasteiger partial charge >= 0.3 is 6.18 Å². The molecule has 8 nitrogen and oxygen atoms in total. The van der Waals surface area contributed by atoms with Gasteiger partial charge in [0.05, 0.1) is 0 Å². The molecule has 12 heteroatoms. The van der Waals surface area contributed by atoms with Crippen LogP contribution in [0.2, 0.25) is 0 Å². The highest BCUT2D eigenvalue weighted by Gasteiger charge is 2.38. The lowest BCUT2D eigenvalue weighted by molar-refractivity contribution is -0.136. The van der Waals surface area contributed by atoms with Crippen LogP contribution < -0.4 is 16.4 Å². The van der Waals surface area contributed by atoms with Gasteiger partial charge in [0.2, 0.25) is 5.91 Å². The molecule has 0 spiro atoms. The van der Waals surface area contributed by atoms with Crippen molar-refractivity contribution >= 4 is 40.2 Å². The van der Waals surface area contributed by atoms with Gasteiger partial charge in [-0.1, -0.05) is 11.8 Å². The number of thioether (sulfide) groups is 1. The zero-order valence-electron chi connectivity index (χ0n) is 21.2. The SMILES string of the molecule is CCN1C(=O)[C@@H](CNc2ccc3c(c2)c(C2CCN(C)CC2)cn3C)S/C1=C(/N)C(=O)NCC(F)(F)F. The van der Waals surface area contributed by atoms with Crippen LogP contribution in [0.15, 0.2) is 35.1 Å². The zero-order valence-corrected chi connectivity index (χ0v) is 22.0. The molecular weight excluding hydrogens is 505 g/mol. The molecule has 4 rings (SSSR count). The number of aromatic nitrogens is 1. The van der Waals surface area contributed by atoms with E-state index in [2.05, 4.69) is 40.2 Å². The summed E-state index contributed by atoms with van der Waals surface area (Å²) < 4.78 is 39.6. The van der Waals surface area contributed by atoms with Gasteiger partial charge in [-0.25, -0.2) is 0 Å². The molecule has 3 heterocycles. The number of nitrogens with zero attached hydrogens (tertiary/aromatic N) is 3. The summed E-state index contributed by atoms with van der Waals surface area (Å²) in [6.07, 6.45) is -0.117. The molecule has 0 radical (unpaired) electrons. The summed E-state index contributed by atoms with van der Waals surface area (Å²) in [6.45, 7) is 2.91. The molecule has 2 aromatic rings. The maximum absolute atomic E-state index is 13.0. The number of benzene rings is 1. The van der Waals surface area contributed by atoms with E-state index in [0.29, 0.717) is 5.92 Å². The number of nitrogens with one attached hydrogen (secondary N) is 2. The Morgan fingerprint density at radius 1 is 1.22 bits per heavy atom. The number of hydrogen-bond acceptors (Lipinski definition) is 6. The maximum atomic E-state index is 13.0. The minimum Gasteiger partial charge on any atom is -0.392 e. The molecule has 0 bridgehead atoms. The standard InChI is InChI=1S/C25H33F3N6O2S/c1-4-34-23(36)20(37-24(34)21(29)22(35)31-14-25(26,27)28)12-30-16-5-6-19-17(11-16)18(13-33(19)3)15-7-9-32(2)10-8-15/h5-6,11,13,15,20,30H,4,7-10,12,14,29H2,1-3H3,(H,31,35)/b24-21+/t20-/m1/s1. The number of fused-ring (bicyclic) bond motifs is 1. The van der Waals surface area contributed by atoms with E-state index in [0.717, 1.165) is 48.9 Å². The van der Waals surface area contributed by atoms with Gasteiger partial charge in [-0.15, -0.1) is 0 Å². The van der Waals surface area contributed by atoms with Gasteiger partial charge in [-0.2, -0.15) is 13.2 Å². The molecule has 0 unspecified atom stereocenters. The molecule has 2 fully saturated rings. The Morgan fingerprint density at radius 3 is 2.57 bits per heavy atom. The Labute approximate surface area is 218 Å². The molecule has 0 aliphatic carbocycles. The monoisotopic (exact) mass is 538 g/mol. The van der Waals surface area contributed by atoms with E-state index in [1.54, 1.807) is 12.2 Å². The van der Waals surface area contributed by atoms with E-state index in [4.69, 9.17) is 5.73 Å². The van der Waals surface area contributed by atoms with E-state index in [9.17, 15) is 22.8 Å². The normalized spacial score (nSPS) is 21.1. The average Bonchev–Trinajstić information content (AvgIpc) is 3.36. The molecule has 0 saturated carbocycles. The van der Waals surface area contributed by atoms with Crippen LogP contribution in [0, 0.1) is 0 Å². The number of hydrogen-bond donors (Lipinski definition) is 3.